The molecule has 1 aliphatic rings. The summed E-state index contributed by atoms with van der Waals surface area (Å²) in [5, 5.41) is 3.26. The quantitative estimate of drug-likeness (QED) is 0.751. The van der Waals surface area contributed by atoms with Crippen molar-refractivity contribution in [2.75, 3.05) is 11.9 Å². The van der Waals surface area contributed by atoms with Crippen LogP contribution in [-0.2, 0) is 0 Å². The van der Waals surface area contributed by atoms with Gasteiger partial charge in [-0.1, -0.05) is 6.07 Å². The lowest BCUT2D eigenvalue weighted by Crippen LogP contribution is -2.31. The van der Waals surface area contributed by atoms with Crippen molar-refractivity contribution < 1.29 is 4.79 Å². The van der Waals surface area contributed by atoms with Gasteiger partial charge in [0.05, 0.1) is 11.6 Å². The van der Waals surface area contributed by atoms with E-state index >= 15 is 0 Å². The lowest BCUT2D eigenvalue weighted by atomic mass is 10.1. The second kappa shape index (κ2) is 7.72. The van der Waals surface area contributed by atoms with Crippen molar-refractivity contribution in [3.63, 3.8) is 0 Å². The Morgan fingerprint density at radius 3 is 2.71 bits per heavy atom. The molecule has 1 amide bonds. The Morgan fingerprint density at radius 1 is 1.07 bits per heavy atom. The molecule has 1 atom stereocenters. The van der Waals surface area contributed by atoms with Gasteiger partial charge in [-0.25, -0.2) is 9.97 Å². The van der Waals surface area contributed by atoms with Crippen molar-refractivity contribution >= 4 is 17.5 Å². The number of anilines is 2. The largest absolute Gasteiger partial charge is 0.330 e. The minimum absolute atomic E-state index is 0.0275. The summed E-state index contributed by atoms with van der Waals surface area (Å²) < 4.78 is 0. The highest BCUT2D eigenvalue weighted by atomic mass is 16.2. The van der Waals surface area contributed by atoms with E-state index in [1.807, 2.05) is 49.1 Å². The van der Waals surface area contributed by atoms with Gasteiger partial charge < -0.3 is 10.2 Å². The molecule has 0 radical (unpaired) electrons. The lowest BCUT2D eigenvalue weighted by molar-refractivity contribution is 0.0733. The van der Waals surface area contributed by atoms with Gasteiger partial charge in [0.1, 0.15) is 11.5 Å². The van der Waals surface area contributed by atoms with Crippen molar-refractivity contribution in [3.05, 3.63) is 71.6 Å². The Balaban J connectivity index is 1.62. The Hall–Kier alpha value is -3.35. The van der Waals surface area contributed by atoms with E-state index in [1.165, 1.54) is 0 Å². The first-order valence-electron chi connectivity index (χ1n) is 9.37. The van der Waals surface area contributed by atoms with Crippen molar-refractivity contribution in [2.24, 2.45) is 0 Å². The second-order valence-electron chi connectivity index (χ2n) is 6.92. The fourth-order valence-corrected chi connectivity index (χ4v) is 3.48. The molecule has 1 saturated heterocycles. The van der Waals surface area contributed by atoms with Crippen molar-refractivity contribution in [1.29, 1.82) is 0 Å². The average molecular weight is 374 g/mol. The van der Waals surface area contributed by atoms with E-state index in [0.29, 0.717) is 23.7 Å². The van der Waals surface area contributed by atoms with Crippen LogP contribution in [0.4, 0.5) is 11.6 Å². The molecule has 0 spiro atoms. The molecular weight excluding hydrogens is 352 g/mol. The number of amides is 1. The zero-order chi connectivity index (χ0) is 19.5. The van der Waals surface area contributed by atoms with Crippen LogP contribution in [0.2, 0.25) is 0 Å². The monoisotopic (exact) mass is 374 g/mol. The van der Waals surface area contributed by atoms with Crippen LogP contribution in [0.5, 0.6) is 0 Å². The molecule has 0 saturated carbocycles. The van der Waals surface area contributed by atoms with Crippen LogP contribution in [0.3, 0.4) is 0 Å². The van der Waals surface area contributed by atoms with E-state index in [0.717, 1.165) is 29.9 Å². The highest BCUT2D eigenvalue weighted by Crippen LogP contribution is 2.35. The molecule has 1 fully saturated rings. The number of carbonyl (C=O) groups excluding carboxylic acids is 1. The highest BCUT2D eigenvalue weighted by Gasteiger charge is 2.33. The third kappa shape index (κ3) is 3.69. The van der Waals surface area contributed by atoms with Gasteiger partial charge in [-0.15, -0.1) is 0 Å². The van der Waals surface area contributed by atoms with Gasteiger partial charge in [-0.05, 0) is 51.0 Å². The third-order valence-corrected chi connectivity index (χ3v) is 4.85. The first kappa shape index (κ1) is 18.0. The minimum atomic E-state index is -0.130. The molecule has 142 valence electrons. The van der Waals surface area contributed by atoms with E-state index in [4.69, 9.17) is 0 Å². The summed E-state index contributed by atoms with van der Waals surface area (Å²) in [5.41, 5.74) is 3.16. The van der Waals surface area contributed by atoms with E-state index in [-0.39, 0.29) is 11.9 Å². The third-order valence-electron chi connectivity index (χ3n) is 4.85. The number of aromatic nitrogens is 4. The standard InChI is InChI=1S/C21H22N6O/c1-14-8-9-16(13-24-14)21(28)27-12-4-6-17(27)19-20(23-11-10-22-19)26-18-7-3-5-15(2)25-18/h3,5,7-11,13,17H,4,6,12H2,1-2H3,(H,23,25,26)/t17-/m1/s1. The topological polar surface area (TPSA) is 83.9 Å². The molecule has 0 aromatic carbocycles. The van der Waals surface area contributed by atoms with Gasteiger partial charge in [0, 0.05) is 36.5 Å². The van der Waals surface area contributed by atoms with E-state index in [1.54, 1.807) is 18.6 Å². The van der Waals surface area contributed by atoms with Crippen LogP contribution in [0.15, 0.2) is 48.9 Å². The van der Waals surface area contributed by atoms with Gasteiger partial charge in [0.15, 0.2) is 5.82 Å². The van der Waals surface area contributed by atoms with Crippen LogP contribution >= 0.6 is 0 Å². The second-order valence-corrected chi connectivity index (χ2v) is 6.92. The molecule has 0 unspecified atom stereocenters. The van der Waals surface area contributed by atoms with Crippen molar-refractivity contribution in [2.45, 2.75) is 32.7 Å². The molecular formula is C21H22N6O. The number of hydrogen-bond acceptors (Lipinski definition) is 6. The number of nitrogens with zero attached hydrogens (tertiary/aromatic N) is 5. The maximum atomic E-state index is 13.1. The number of hydrogen-bond donors (Lipinski definition) is 1. The molecule has 1 N–H and O–H groups in total. The molecule has 4 rings (SSSR count). The van der Waals surface area contributed by atoms with Crippen molar-refractivity contribution in [1.82, 2.24) is 24.8 Å². The molecule has 3 aromatic heterocycles. The normalized spacial score (nSPS) is 16.2. The van der Waals surface area contributed by atoms with Crippen molar-refractivity contribution in [3.8, 4) is 0 Å². The number of rotatable bonds is 4. The average Bonchev–Trinajstić information content (AvgIpc) is 3.18. The Morgan fingerprint density at radius 2 is 1.93 bits per heavy atom. The number of carbonyl (C=O) groups is 1. The van der Waals surface area contributed by atoms with E-state index in [2.05, 4.69) is 25.3 Å². The van der Waals surface area contributed by atoms with Crippen LogP contribution in [-0.4, -0.2) is 37.3 Å². The van der Waals surface area contributed by atoms with Crippen LogP contribution in [0, 0.1) is 13.8 Å². The summed E-state index contributed by atoms with van der Waals surface area (Å²) in [5.74, 6) is 1.31. The van der Waals surface area contributed by atoms with E-state index in [9.17, 15) is 4.79 Å². The molecule has 7 nitrogen and oxygen atoms in total. The first-order chi connectivity index (χ1) is 13.6. The summed E-state index contributed by atoms with van der Waals surface area (Å²) in [6.07, 6.45) is 6.72. The van der Waals surface area contributed by atoms with Crippen LogP contribution in [0.1, 0.15) is 46.3 Å². The van der Waals surface area contributed by atoms with Gasteiger partial charge in [0.25, 0.3) is 5.91 Å². The Labute approximate surface area is 163 Å². The van der Waals surface area contributed by atoms with Crippen LogP contribution in [0.25, 0.3) is 0 Å². The van der Waals surface area contributed by atoms with Gasteiger partial charge in [-0.3, -0.25) is 14.8 Å². The molecule has 3 aromatic rings. The van der Waals surface area contributed by atoms with Gasteiger partial charge >= 0.3 is 0 Å². The lowest BCUT2D eigenvalue weighted by Gasteiger charge is -2.25. The minimum Gasteiger partial charge on any atom is -0.330 e. The molecule has 7 heteroatoms. The molecule has 4 heterocycles. The number of likely N-dealkylation sites (tertiary alicyclic amines) is 1. The van der Waals surface area contributed by atoms with Gasteiger partial charge in [0.2, 0.25) is 0 Å². The number of aryl methyl sites for hydroxylation is 2. The fraction of sp³-hybridized carbons (Fsp3) is 0.286. The summed E-state index contributed by atoms with van der Waals surface area (Å²) in [6.45, 7) is 4.54. The summed E-state index contributed by atoms with van der Waals surface area (Å²) in [6, 6.07) is 9.33. The van der Waals surface area contributed by atoms with Gasteiger partial charge in [-0.2, -0.15) is 0 Å². The van der Waals surface area contributed by atoms with Crippen LogP contribution < -0.4 is 5.32 Å². The molecule has 28 heavy (non-hydrogen) atoms. The predicted molar refractivity (Wildman–Crippen MR) is 106 cm³/mol. The SMILES string of the molecule is Cc1ccc(C(=O)N2CCC[C@@H]2c2nccnc2Nc2cccc(C)n2)cn1. The number of nitrogens with one attached hydrogen (secondary N) is 1. The summed E-state index contributed by atoms with van der Waals surface area (Å²) in [4.78, 5) is 32.7. The summed E-state index contributed by atoms with van der Waals surface area (Å²) in [7, 11) is 0. The Kier molecular flexibility index (Phi) is 4.97. The molecule has 0 aliphatic carbocycles. The Bertz CT molecular complexity index is 988. The maximum absolute atomic E-state index is 13.1. The summed E-state index contributed by atoms with van der Waals surface area (Å²) >= 11 is 0. The predicted octanol–water partition coefficient (Wildman–Crippen LogP) is 3.60. The molecule has 1 aliphatic heterocycles. The fourth-order valence-electron chi connectivity index (χ4n) is 3.48. The maximum Gasteiger partial charge on any atom is 0.255 e. The first-order valence-corrected chi connectivity index (χ1v) is 9.37. The van der Waals surface area contributed by atoms with E-state index < -0.39 is 0 Å². The molecule has 0 bridgehead atoms. The highest BCUT2D eigenvalue weighted by molar-refractivity contribution is 5.94. The smallest absolute Gasteiger partial charge is 0.255 e. The zero-order valence-corrected chi connectivity index (χ0v) is 16.0. The zero-order valence-electron chi connectivity index (χ0n) is 16.0. The number of pyridine rings is 2.